The third kappa shape index (κ3) is 2.16. The van der Waals surface area contributed by atoms with Gasteiger partial charge in [-0.15, -0.1) is 0 Å². The third-order valence-corrected chi connectivity index (χ3v) is 6.05. The van der Waals surface area contributed by atoms with E-state index in [4.69, 9.17) is 0 Å². The first kappa shape index (κ1) is 15.0. The highest BCUT2D eigenvalue weighted by molar-refractivity contribution is 6.08. The summed E-state index contributed by atoms with van der Waals surface area (Å²) in [6.45, 7) is 2.59. The number of hydrogen-bond donors (Lipinski definition) is 1. The molecule has 2 bridgehead atoms. The number of nitrogens with one attached hydrogen (secondary N) is 1. The molecule has 0 radical (unpaired) electrons. The van der Waals surface area contributed by atoms with Crippen molar-refractivity contribution in [2.75, 3.05) is 18.0 Å². The van der Waals surface area contributed by atoms with Gasteiger partial charge in [0.25, 0.3) is 5.56 Å². The number of rotatable bonds is 1. The van der Waals surface area contributed by atoms with Gasteiger partial charge < -0.3 is 14.5 Å². The van der Waals surface area contributed by atoms with Crippen LogP contribution < -0.4 is 10.5 Å². The molecule has 0 amide bonds. The van der Waals surface area contributed by atoms with Crippen molar-refractivity contribution in [3.8, 4) is 0 Å². The number of nitrogens with zero attached hydrogens (tertiary/aromatic N) is 4. The van der Waals surface area contributed by atoms with Gasteiger partial charge in [-0.05, 0) is 24.5 Å². The van der Waals surface area contributed by atoms with Crippen molar-refractivity contribution in [2.24, 2.45) is 5.92 Å². The van der Waals surface area contributed by atoms with Gasteiger partial charge in [0, 0.05) is 48.2 Å². The van der Waals surface area contributed by atoms with E-state index in [1.165, 1.54) is 0 Å². The second-order valence-corrected chi connectivity index (χ2v) is 7.69. The molecule has 27 heavy (non-hydrogen) atoms. The van der Waals surface area contributed by atoms with Gasteiger partial charge in [0.15, 0.2) is 5.82 Å². The lowest BCUT2D eigenvalue weighted by Gasteiger charge is -2.43. The first-order chi connectivity index (χ1) is 13.3. The van der Waals surface area contributed by atoms with Crippen molar-refractivity contribution in [3.63, 3.8) is 0 Å². The number of piperidine rings is 1. The van der Waals surface area contributed by atoms with Gasteiger partial charge in [0.2, 0.25) is 0 Å². The van der Waals surface area contributed by atoms with Crippen LogP contribution in [0.15, 0.2) is 53.6 Å². The van der Waals surface area contributed by atoms with E-state index in [0.29, 0.717) is 11.8 Å². The Kier molecular flexibility index (Phi) is 3.01. The first-order valence-corrected chi connectivity index (χ1v) is 9.44. The average molecular weight is 357 g/mol. The number of fused-ring (bicyclic) bond motifs is 7. The van der Waals surface area contributed by atoms with Crippen LogP contribution in [0, 0.1) is 5.92 Å². The van der Waals surface area contributed by atoms with Crippen molar-refractivity contribution in [1.29, 1.82) is 0 Å². The number of anilines is 1. The van der Waals surface area contributed by atoms with Gasteiger partial charge >= 0.3 is 0 Å². The van der Waals surface area contributed by atoms with Crippen LogP contribution in [0.3, 0.4) is 0 Å². The van der Waals surface area contributed by atoms with Crippen LogP contribution in [-0.2, 0) is 6.54 Å². The van der Waals surface area contributed by atoms with Crippen LogP contribution in [-0.4, -0.2) is 32.6 Å². The molecule has 6 heteroatoms. The Bertz CT molecular complexity index is 1240. The van der Waals surface area contributed by atoms with Crippen molar-refractivity contribution in [2.45, 2.75) is 18.9 Å². The minimum atomic E-state index is 0.121. The number of para-hydroxylation sites is 1. The number of aromatic amines is 1. The summed E-state index contributed by atoms with van der Waals surface area (Å²) in [6, 6.07) is 13.9. The quantitative estimate of drug-likeness (QED) is 0.569. The molecule has 4 aromatic rings. The Morgan fingerprint density at radius 2 is 1.93 bits per heavy atom. The summed E-state index contributed by atoms with van der Waals surface area (Å²) in [6.07, 6.45) is 2.81. The van der Waals surface area contributed by atoms with E-state index in [1.54, 1.807) is 12.4 Å². The fourth-order valence-corrected chi connectivity index (χ4v) is 4.94. The monoisotopic (exact) mass is 357 g/mol. The molecule has 0 aliphatic carbocycles. The Labute approximate surface area is 155 Å². The molecule has 2 atom stereocenters. The highest BCUT2D eigenvalue weighted by atomic mass is 16.1. The van der Waals surface area contributed by atoms with Gasteiger partial charge in [-0.25, -0.2) is 9.97 Å². The molecule has 0 unspecified atom stereocenters. The van der Waals surface area contributed by atoms with Crippen LogP contribution in [0.25, 0.3) is 21.9 Å². The second-order valence-electron chi connectivity index (χ2n) is 7.69. The number of aromatic nitrogens is 4. The summed E-state index contributed by atoms with van der Waals surface area (Å²) >= 11 is 0. The molecule has 0 spiro atoms. The topological polar surface area (TPSA) is 66.8 Å². The molecule has 1 aromatic carbocycles. The van der Waals surface area contributed by atoms with E-state index < -0.39 is 0 Å². The standard InChI is InChI=1S/C21H19N5O/c27-18-7-3-6-17-14-8-13(10-26(17)18)9-25(11-14)21-20-19(22-12-23-21)15-4-1-2-5-16(15)24-20/h1-7,12-14,24H,8-11H2/t13-,14+/m1/s1. The summed E-state index contributed by atoms with van der Waals surface area (Å²) in [5, 5.41) is 1.13. The van der Waals surface area contributed by atoms with Gasteiger partial charge in [-0.2, -0.15) is 0 Å². The molecular weight excluding hydrogens is 338 g/mol. The van der Waals surface area contributed by atoms with Gasteiger partial charge in [0.05, 0.1) is 0 Å². The molecular formula is C21H19N5O. The van der Waals surface area contributed by atoms with Crippen molar-refractivity contribution >= 4 is 27.8 Å². The molecule has 2 aliphatic rings. The zero-order chi connectivity index (χ0) is 18.0. The number of hydrogen-bond acceptors (Lipinski definition) is 4. The van der Waals surface area contributed by atoms with Crippen molar-refractivity contribution in [1.82, 2.24) is 19.5 Å². The Balaban J connectivity index is 1.47. The second kappa shape index (κ2) is 5.42. The molecule has 0 saturated carbocycles. The molecule has 3 aromatic heterocycles. The molecule has 6 rings (SSSR count). The van der Waals surface area contributed by atoms with Crippen LogP contribution in [0.5, 0.6) is 0 Å². The molecule has 2 aliphatic heterocycles. The van der Waals surface area contributed by atoms with Gasteiger partial charge in [-0.1, -0.05) is 24.3 Å². The lowest BCUT2D eigenvalue weighted by Crippen LogP contribution is -2.47. The van der Waals surface area contributed by atoms with E-state index in [2.05, 4.69) is 38.1 Å². The van der Waals surface area contributed by atoms with Crippen LogP contribution in [0.4, 0.5) is 5.82 Å². The maximum atomic E-state index is 12.2. The summed E-state index contributed by atoms with van der Waals surface area (Å²) in [4.78, 5) is 27.3. The van der Waals surface area contributed by atoms with E-state index in [0.717, 1.165) is 59.5 Å². The zero-order valence-corrected chi connectivity index (χ0v) is 14.8. The molecule has 1 saturated heterocycles. The first-order valence-electron chi connectivity index (χ1n) is 9.44. The lowest BCUT2D eigenvalue weighted by molar-refractivity contribution is 0.281. The highest BCUT2D eigenvalue weighted by Crippen LogP contribution is 2.38. The number of benzene rings is 1. The predicted octanol–water partition coefficient (Wildman–Crippen LogP) is 2.90. The van der Waals surface area contributed by atoms with Gasteiger partial charge in [-0.3, -0.25) is 4.79 Å². The van der Waals surface area contributed by atoms with Gasteiger partial charge in [0.1, 0.15) is 17.4 Å². The Hall–Kier alpha value is -3.15. The maximum absolute atomic E-state index is 12.2. The zero-order valence-electron chi connectivity index (χ0n) is 14.8. The SMILES string of the molecule is O=c1cccc2n1C[C@@H]1C[C@H]2CN(c2ncnc3c2[nH]c2ccccc23)C1. The minimum absolute atomic E-state index is 0.121. The lowest BCUT2D eigenvalue weighted by atomic mass is 9.83. The van der Waals surface area contributed by atoms with Crippen molar-refractivity contribution in [3.05, 3.63) is 64.8 Å². The molecule has 1 fully saturated rings. The third-order valence-electron chi connectivity index (χ3n) is 6.05. The molecule has 1 N–H and O–H groups in total. The summed E-state index contributed by atoms with van der Waals surface area (Å²) in [5.74, 6) is 1.80. The minimum Gasteiger partial charge on any atom is -0.354 e. The van der Waals surface area contributed by atoms with E-state index >= 15 is 0 Å². The maximum Gasteiger partial charge on any atom is 0.250 e. The number of pyridine rings is 1. The van der Waals surface area contributed by atoms with Crippen molar-refractivity contribution < 1.29 is 0 Å². The fraction of sp³-hybridized carbons (Fsp3) is 0.286. The largest absolute Gasteiger partial charge is 0.354 e. The normalized spacial score (nSPS) is 21.6. The van der Waals surface area contributed by atoms with E-state index in [9.17, 15) is 4.79 Å². The summed E-state index contributed by atoms with van der Waals surface area (Å²) in [5.41, 5.74) is 4.34. The molecule has 6 nitrogen and oxygen atoms in total. The smallest absolute Gasteiger partial charge is 0.250 e. The summed E-state index contributed by atoms with van der Waals surface area (Å²) < 4.78 is 1.97. The predicted molar refractivity (Wildman–Crippen MR) is 105 cm³/mol. The highest BCUT2D eigenvalue weighted by Gasteiger charge is 2.35. The average Bonchev–Trinajstić information content (AvgIpc) is 3.07. The van der Waals surface area contributed by atoms with Crippen LogP contribution in [0.1, 0.15) is 18.0 Å². The summed E-state index contributed by atoms with van der Waals surface area (Å²) in [7, 11) is 0. The Morgan fingerprint density at radius 1 is 1.00 bits per heavy atom. The number of H-pyrrole nitrogens is 1. The van der Waals surface area contributed by atoms with Crippen LogP contribution in [0.2, 0.25) is 0 Å². The van der Waals surface area contributed by atoms with E-state index in [-0.39, 0.29) is 5.56 Å². The molecule has 134 valence electrons. The fourth-order valence-electron chi connectivity index (χ4n) is 4.94. The van der Waals surface area contributed by atoms with E-state index in [1.807, 2.05) is 22.8 Å². The molecule has 5 heterocycles. The Morgan fingerprint density at radius 3 is 2.89 bits per heavy atom. The van der Waals surface area contributed by atoms with Crippen LogP contribution >= 0.6 is 0 Å².